The van der Waals surface area contributed by atoms with Crippen molar-refractivity contribution in [2.75, 3.05) is 17.7 Å². The molecule has 0 bridgehead atoms. The Morgan fingerprint density at radius 3 is 2.71 bits per heavy atom. The second-order valence-corrected chi connectivity index (χ2v) is 6.76. The maximum atomic E-state index is 12.2. The van der Waals surface area contributed by atoms with Gasteiger partial charge in [-0.1, -0.05) is 0 Å². The molecule has 11 heteroatoms. The molecule has 1 amide bonds. The van der Waals surface area contributed by atoms with Gasteiger partial charge in [0.15, 0.2) is 17.3 Å². The van der Waals surface area contributed by atoms with Crippen LogP contribution in [0.2, 0.25) is 0 Å². The zero-order chi connectivity index (χ0) is 22.1. The fourth-order valence-corrected chi connectivity index (χ4v) is 3.21. The Bertz CT molecular complexity index is 1370. The fourth-order valence-electron chi connectivity index (χ4n) is 3.21. The Kier molecular flexibility index (Phi) is 4.88. The predicted octanol–water partition coefficient (Wildman–Crippen LogP) is 1.88. The van der Waals surface area contributed by atoms with Gasteiger partial charge in [-0.15, -0.1) is 0 Å². The summed E-state index contributed by atoms with van der Waals surface area (Å²) in [6, 6.07) is 5.26. The van der Waals surface area contributed by atoms with Gasteiger partial charge in [0.25, 0.3) is 5.91 Å². The fraction of sp³-hybridized carbons (Fsp3) is 0.150. The van der Waals surface area contributed by atoms with E-state index in [1.54, 1.807) is 44.8 Å². The van der Waals surface area contributed by atoms with Crippen molar-refractivity contribution in [1.82, 2.24) is 29.5 Å². The molecule has 4 rings (SSSR count). The first kappa shape index (κ1) is 19.7. The highest BCUT2D eigenvalue weighted by atomic mass is 16.1. The lowest BCUT2D eigenvalue weighted by Crippen LogP contribution is -2.18. The summed E-state index contributed by atoms with van der Waals surface area (Å²) in [5, 5.41) is 15.2. The van der Waals surface area contributed by atoms with Gasteiger partial charge in [-0.25, -0.2) is 19.9 Å². The Balaban J connectivity index is 1.89. The number of hydrogen-bond acceptors (Lipinski definition) is 9. The van der Waals surface area contributed by atoms with E-state index in [9.17, 15) is 4.79 Å². The van der Waals surface area contributed by atoms with Crippen LogP contribution in [0.1, 0.15) is 21.9 Å². The summed E-state index contributed by atoms with van der Waals surface area (Å²) in [4.78, 5) is 34.0. The van der Waals surface area contributed by atoms with Crippen molar-refractivity contribution in [1.29, 1.82) is 5.26 Å². The third-order valence-electron chi connectivity index (χ3n) is 4.59. The molecule has 4 aromatic heterocycles. The van der Waals surface area contributed by atoms with E-state index in [0.29, 0.717) is 34.0 Å². The SMILES string of the molecule is CNc1nc(Nc2cc(C)nc(C#N)c2)c(C(N)=O)nc1-c1cncc2c1ncn2C. The Morgan fingerprint density at radius 2 is 2.00 bits per heavy atom. The van der Waals surface area contributed by atoms with Crippen LogP contribution in [0.4, 0.5) is 17.3 Å². The van der Waals surface area contributed by atoms with E-state index in [2.05, 4.69) is 35.6 Å². The highest BCUT2D eigenvalue weighted by molar-refractivity contribution is 5.99. The highest BCUT2D eigenvalue weighted by Gasteiger charge is 2.21. The topological polar surface area (TPSA) is 160 Å². The highest BCUT2D eigenvalue weighted by Crippen LogP contribution is 2.32. The van der Waals surface area contributed by atoms with Crippen molar-refractivity contribution >= 4 is 34.3 Å². The van der Waals surface area contributed by atoms with E-state index >= 15 is 0 Å². The smallest absolute Gasteiger partial charge is 0.271 e. The molecule has 0 aliphatic rings. The first-order valence-electron chi connectivity index (χ1n) is 9.22. The van der Waals surface area contributed by atoms with Crippen LogP contribution in [-0.4, -0.2) is 42.4 Å². The number of imidazole rings is 1. The molecule has 0 atom stereocenters. The first-order chi connectivity index (χ1) is 14.9. The number of aromatic nitrogens is 6. The lowest BCUT2D eigenvalue weighted by molar-refractivity contribution is 0.0996. The number of fused-ring (bicyclic) bond motifs is 1. The number of nitrogens with zero attached hydrogens (tertiary/aromatic N) is 7. The molecular formula is C20H18N10O. The standard InChI is InChI=1S/C20H18N10O/c1-10-4-11(5-12(6-21)26-10)27-20-17(18(22)31)28-16(19(23-2)29-20)13-7-24-8-14-15(13)25-9-30(14)3/h4-5,7-9H,1-3H3,(H2,22,31)(H2,23,26,27,29). The van der Waals surface area contributed by atoms with Crippen LogP contribution in [0.3, 0.4) is 0 Å². The number of anilines is 3. The van der Waals surface area contributed by atoms with Crippen LogP contribution in [0, 0.1) is 18.3 Å². The predicted molar refractivity (Wildman–Crippen MR) is 115 cm³/mol. The summed E-state index contributed by atoms with van der Waals surface area (Å²) >= 11 is 0. The van der Waals surface area contributed by atoms with Crippen molar-refractivity contribution in [3.05, 3.63) is 47.9 Å². The van der Waals surface area contributed by atoms with Gasteiger partial charge in [-0.3, -0.25) is 9.78 Å². The quantitative estimate of drug-likeness (QED) is 0.443. The first-order valence-corrected chi connectivity index (χ1v) is 9.22. The molecule has 0 aliphatic heterocycles. The third-order valence-corrected chi connectivity index (χ3v) is 4.59. The van der Waals surface area contributed by atoms with E-state index in [1.165, 1.54) is 0 Å². The number of carbonyl (C=O) groups excluding carboxylic acids is 1. The van der Waals surface area contributed by atoms with Gasteiger partial charge in [-0.05, 0) is 19.1 Å². The van der Waals surface area contributed by atoms with Gasteiger partial charge in [0.1, 0.15) is 23.0 Å². The van der Waals surface area contributed by atoms with E-state index < -0.39 is 5.91 Å². The number of aryl methyl sites for hydroxylation is 2. The summed E-state index contributed by atoms with van der Waals surface area (Å²) < 4.78 is 1.84. The van der Waals surface area contributed by atoms with E-state index in [4.69, 9.17) is 11.0 Å². The number of nitriles is 1. The molecule has 0 radical (unpaired) electrons. The van der Waals surface area contributed by atoms with Crippen LogP contribution in [-0.2, 0) is 7.05 Å². The summed E-state index contributed by atoms with van der Waals surface area (Å²) in [6.45, 7) is 1.76. The van der Waals surface area contributed by atoms with Crippen molar-refractivity contribution in [3.8, 4) is 17.3 Å². The maximum absolute atomic E-state index is 12.2. The largest absolute Gasteiger partial charge is 0.371 e. The van der Waals surface area contributed by atoms with Crippen LogP contribution < -0.4 is 16.4 Å². The number of amides is 1. The zero-order valence-electron chi connectivity index (χ0n) is 17.0. The minimum absolute atomic E-state index is 0.0603. The molecule has 0 spiro atoms. The summed E-state index contributed by atoms with van der Waals surface area (Å²) in [6.07, 6.45) is 4.98. The molecule has 0 aliphatic carbocycles. The molecule has 11 nitrogen and oxygen atoms in total. The zero-order valence-corrected chi connectivity index (χ0v) is 17.0. The molecule has 4 heterocycles. The van der Waals surface area contributed by atoms with Gasteiger partial charge in [0.05, 0.1) is 23.6 Å². The number of carbonyl (C=O) groups is 1. The Labute approximate surface area is 177 Å². The van der Waals surface area contributed by atoms with Crippen molar-refractivity contribution in [2.24, 2.45) is 12.8 Å². The second-order valence-electron chi connectivity index (χ2n) is 6.76. The number of hydrogen-bond donors (Lipinski definition) is 3. The second kappa shape index (κ2) is 7.68. The lowest BCUT2D eigenvalue weighted by Gasteiger charge is -2.14. The molecule has 4 N–H and O–H groups in total. The Morgan fingerprint density at radius 1 is 1.19 bits per heavy atom. The molecule has 0 unspecified atom stereocenters. The molecule has 154 valence electrons. The lowest BCUT2D eigenvalue weighted by atomic mass is 10.1. The van der Waals surface area contributed by atoms with Crippen molar-refractivity contribution < 1.29 is 4.79 Å². The summed E-state index contributed by atoms with van der Waals surface area (Å²) in [5.74, 6) is -0.207. The molecule has 0 saturated carbocycles. The van der Waals surface area contributed by atoms with Crippen LogP contribution >= 0.6 is 0 Å². The van der Waals surface area contributed by atoms with E-state index in [1.807, 2.05) is 17.7 Å². The Hall–Kier alpha value is -4.59. The minimum atomic E-state index is -0.758. The van der Waals surface area contributed by atoms with Crippen LogP contribution in [0.15, 0.2) is 30.9 Å². The number of primary amides is 1. The monoisotopic (exact) mass is 414 g/mol. The number of rotatable bonds is 5. The average Bonchev–Trinajstić information content (AvgIpc) is 3.14. The molecule has 31 heavy (non-hydrogen) atoms. The number of pyridine rings is 2. The van der Waals surface area contributed by atoms with Gasteiger partial charge >= 0.3 is 0 Å². The van der Waals surface area contributed by atoms with E-state index in [-0.39, 0.29) is 17.2 Å². The summed E-state index contributed by atoms with van der Waals surface area (Å²) in [5.41, 5.74) is 9.42. The van der Waals surface area contributed by atoms with Crippen LogP contribution in [0.25, 0.3) is 22.3 Å². The van der Waals surface area contributed by atoms with Crippen LogP contribution in [0.5, 0.6) is 0 Å². The molecular weight excluding hydrogens is 396 g/mol. The molecule has 0 aromatic carbocycles. The van der Waals surface area contributed by atoms with Gasteiger partial charge < -0.3 is 20.9 Å². The average molecular weight is 414 g/mol. The molecule has 0 fully saturated rings. The summed E-state index contributed by atoms with van der Waals surface area (Å²) in [7, 11) is 3.55. The molecule has 4 aromatic rings. The normalized spacial score (nSPS) is 10.6. The van der Waals surface area contributed by atoms with Gasteiger partial charge in [-0.2, -0.15) is 5.26 Å². The third kappa shape index (κ3) is 3.58. The minimum Gasteiger partial charge on any atom is -0.371 e. The number of nitrogens with one attached hydrogen (secondary N) is 2. The number of nitrogens with two attached hydrogens (primary N) is 1. The van der Waals surface area contributed by atoms with Gasteiger partial charge in [0, 0.05) is 31.7 Å². The van der Waals surface area contributed by atoms with Crippen molar-refractivity contribution in [3.63, 3.8) is 0 Å². The van der Waals surface area contributed by atoms with Crippen molar-refractivity contribution in [2.45, 2.75) is 6.92 Å². The molecule has 0 saturated heterocycles. The van der Waals surface area contributed by atoms with Gasteiger partial charge in [0.2, 0.25) is 0 Å². The van der Waals surface area contributed by atoms with E-state index in [0.717, 1.165) is 5.52 Å². The maximum Gasteiger partial charge on any atom is 0.271 e.